The molecule has 3 nitrogen and oxygen atoms in total. The third-order valence-electron chi connectivity index (χ3n) is 2.08. The first-order valence-corrected chi connectivity index (χ1v) is 5.31. The highest BCUT2D eigenvalue weighted by atomic mass is 16.2. The van der Waals surface area contributed by atoms with Crippen LogP contribution in [0.3, 0.4) is 0 Å². The minimum Gasteiger partial charge on any atom is -0.295 e. The van der Waals surface area contributed by atoms with Gasteiger partial charge in [0.25, 0.3) is 0 Å². The summed E-state index contributed by atoms with van der Waals surface area (Å²) in [7, 11) is 0. The summed E-state index contributed by atoms with van der Waals surface area (Å²) in [5.74, 6) is 4.35. The molecule has 17 heavy (non-hydrogen) atoms. The highest BCUT2D eigenvalue weighted by Gasteiger charge is 1.91. The topological polar surface area (TPSA) is 55.1 Å². The first kappa shape index (κ1) is 12.9. The molecule has 2 aromatic carbocycles. The fourth-order valence-electron chi connectivity index (χ4n) is 1.26. The van der Waals surface area contributed by atoms with Gasteiger partial charge in [-0.05, 0) is 11.1 Å². The zero-order chi connectivity index (χ0) is 12.5. The van der Waals surface area contributed by atoms with E-state index in [-0.39, 0.29) is 5.91 Å². The Morgan fingerprint density at radius 3 is 1.41 bits per heavy atom. The molecule has 0 bridgehead atoms. The summed E-state index contributed by atoms with van der Waals surface area (Å²) >= 11 is 0. The molecule has 0 heterocycles. The summed E-state index contributed by atoms with van der Waals surface area (Å²) in [6.45, 7) is 1.35. The first-order valence-electron chi connectivity index (χ1n) is 5.31. The molecule has 3 N–H and O–H groups in total. The van der Waals surface area contributed by atoms with Gasteiger partial charge in [-0.2, -0.15) is 0 Å². The summed E-state index contributed by atoms with van der Waals surface area (Å²) in [6, 6.07) is 20.8. The van der Waals surface area contributed by atoms with Crippen molar-refractivity contribution in [3.8, 4) is 11.1 Å². The Labute approximate surface area is 101 Å². The van der Waals surface area contributed by atoms with Gasteiger partial charge in [-0.15, -0.1) is 0 Å². The highest BCUT2D eigenvalue weighted by molar-refractivity contribution is 5.71. The van der Waals surface area contributed by atoms with Crippen LogP contribution in [0.15, 0.2) is 60.7 Å². The van der Waals surface area contributed by atoms with Gasteiger partial charge in [-0.1, -0.05) is 60.7 Å². The standard InChI is InChI=1S/C12H10.C2H6N2O/c1-3-7-11(8-4-1)12-9-5-2-6-10-12;1-2(5)4-3/h1-10H;3H2,1H3,(H,4,5). The van der Waals surface area contributed by atoms with E-state index in [0.717, 1.165) is 0 Å². The molecule has 3 heteroatoms. The van der Waals surface area contributed by atoms with Gasteiger partial charge in [0.05, 0.1) is 0 Å². The van der Waals surface area contributed by atoms with E-state index in [2.05, 4.69) is 54.4 Å². The molecule has 0 spiro atoms. The lowest BCUT2D eigenvalue weighted by Gasteiger charge is -1.98. The van der Waals surface area contributed by atoms with Gasteiger partial charge in [-0.3, -0.25) is 10.2 Å². The summed E-state index contributed by atoms with van der Waals surface area (Å²) < 4.78 is 0. The maximum Gasteiger partial charge on any atom is 0.230 e. The van der Waals surface area contributed by atoms with E-state index in [1.807, 2.05) is 17.6 Å². The third kappa shape index (κ3) is 4.95. The van der Waals surface area contributed by atoms with Crippen molar-refractivity contribution in [2.24, 2.45) is 5.84 Å². The molecular formula is C14H16N2O. The normalized spacial score (nSPS) is 8.82. The van der Waals surface area contributed by atoms with Crippen LogP contribution in [-0.4, -0.2) is 5.91 Å². The van der Waals surface area contributed by atoms with Gasteiger partial charge in [0, 0.05) is 6.92 Å². The molecule has 0 aliphatic carbocycles. The van der Waals surface area contributed by atoms with Gasteiger partial charge < -0.3 is 0 Å². The van der Waals surface area contributed by atoms with E-state index >= 15 is 0 Å². The minimum absolute atomic E-state index is 0.218. The van der Waals surface area contributed by atoms with Crippen LogP contribution in [0.2, 0.25) is 0 Å². The van der Waals surface area contributed by atoms with Crippen LogP contribution in [0.1, 0.15) is 6.92 Å². The number of amides is 1. The number of benzene rings is 2. The Morgan fingerprint density at radius 2 is 1.18 bits per heavy atom. The SMILES string of the molecule is CC(=O)NN.c1ccc(-c2ccccc2)cc1. The molecule has 0 fully saturated rings. The molecule has 0 unspecified atom stereocenters. The summed E-state index contributed by atoms with van der Waals surface area (Å²) in [5, 5.41) is 0. The molecule has 0 aliphatic heterocycles. The average molecular weight is 228 g/mol. The third-order valence-corrected chi connectivity index (χ3v) is 2.08. The van der Waals surface area contributed by atoms with E-state index < -0.39 is 0 Å². The Hall–Kier alpha value is -2.13. The van der Waals surface area contributed by atoms with Gasteiger partial charge in [-0.25, -0.2) is 5.84 Å². The number of rotatable bonds is 1. The van der Waals surface area contributed by atoms with Crippen molar-refractivity contribution in [2.45, 2.75) is 6.92 Å². The number of carbonyl (C=O) groups is 1. The van der Waals surface area contributed by atoms with E-state index in [4.69, 9.17) is 0 Å². The molecule has 0 saturated carbocycles. The number of carbonyl (C=O) groups excluding carboxylic acids is 1. The van der Waals surface area contributed by atoms with E-state index in [0.29, 0.717) is 0 Å². The molecule has 1 amide bonds. The molecule has 0 aromatic heterocycles. The maximum absolute atomic E-state index is 9.58. The molecule has 0 atom stereocenters. The van der Waals surface area contributed by atoms with Crippen LogP contribution in [0.4, 0.5) is 0 Å². The van der Waals surface area contributed by atoms with Crippen molar-refractivity contribution in [1.82, 2.24) is 5.43 Å². The zero-order valence-electron chi connectivity index (χ0n) is 9.76. The van der Waals surface area contributed by atoms with Gasteiger partial charge in [0.1, 0.15) is 0 Å². The number of nitrogens with two attached hydrogens (primary N) is 1. The second-order valence-electron chi connectivity index (χ2n) is 3.43. The van der Waals surface area contributed by atoms with Crippen LogP contribution in [0.5, 0.6) is 0 Å². The lowest BCUT2D eigenvalue weighted by molar-refractivity contribution is -0.119. The first-order chi connectivity index (χ1) is 8.24. The van der Waals surface area contributed by atoms with Crippen molar-refractivity contribution in [2.75, 3.05) is 0 Å². The van der Waals surface area contributed by atoms with Gasteiger partial charge in [0.2, 0.25) is 5.91 Å². The van der Waals surface area contributed by atoms with Crippen molar-refractivity contribution in [1.29, 1.82) is 0 Å². The quantitative estimate of drug-likeness (QED) is 0.447. The van der Waals surface area contributed by atoms with Gasteiger partial charge >= 0.3 is 0 Å². The Balaban J connectivity index is 0.000000249. The van der Waals surface area contributed by atoms with E-state index in [1.54, 1.807) is 0 Å². The molecule has 2 rings (SSSR count). The van der Waals surface area contributed by atoms with Crippen LogP contribution in [0, 0.1) is 0 Å². The van der Waals surface area contributed by atoms with Crippen LogP contribution >= 0.6 is 0 Å². The number of hydrogen-bond acceptors (Lipinski definition) is 2. The Kier molecular flexibility index (Phi) is 5.47. The number of nitrogens with one attached hydrogen (secondary N) is 1. The van der Waals surface area contributed by atoms with Crippen molar-refractivity contribution >= 4 is 5.91 Å². The Morgan fingerprint density at radius 1 is 0.882 bits per heavy atom. The fourth-order valence-corrected chi connectivity index (χ4v) is 1.26. The highest BCUT2D eigenvalue weighted by Crippen LogP contribution is 2.17. The largest absolute Gasteiger partial charge is 0.295 e. The smallest absolute Gasteiger partial charge is 0.230 e. The average Bonchev–Trinajstić information content (AvgIpc) is 2.41. The van der Waals surface area contributed by atoms with Crippen molar-refractivity contribution in [3.63, 3.8) is 0 Å². The summed E-state index contributed by atoms with van der Waals surface area (Å²) in [6.07, 6.45) is 0. The number of hydrogen-bond donors (Lipinski definition) is 2. The molecule has 0 radical (unpaired) electrons. The number of hydrazine groups is 1. The fraction of sp³-hybridized carbons (Fsp3) is 0.0714. The molecular weight excluding hydrogens is 212 g/mol. The Bertz CT molecular complexity index is 403. The summed E-state index contributed by atoms with van der Waals surface area (Å²) in [5.41, 5.74) is 4.44. The predicted octanol–water partition coefficient (Wildman–Crippen LogP) is 2.35. The monoisotopic (exact) mass is 228 g/mol. The lowest BCUT2D eigenvalue weighted by Crippen LogP contribution is -2.26. The maximum atomic E-state index is 9.58. The molecule has 0 saturated heterocycles. The van der Waals surface area contributed by atoms with Crippen LogP contribution in [0.25, 0.3) is 11.1 Å². The van der Waals surface area contributed by atoms with Crippen molar-refractivity contribution < 1.29 is 4.79 Å². The summed E-state index contributed by atoms with van der Waals surface area (Å²) in [4.78, 5) is 9.58. The zero-order valence-corrected chi connectivity index (χ0v) is 9.76. The second-order valence-corrected chi connectivity index (χ2v) is 3.43. The molecule has 88 valence electrons. The molecule has 2 aromatic rings. The van der Waals surface area contributed by atoms with E-state index in [1.165, 1.54) is 18.1 Å². The predicted molar refractivity (Wildman–Crippen MR) is 69.9 cm³/mol. The van der Waals surface area contributed by atoms with Crippen LogP contribution < -0.4 is 11.3 Å². The van der Waals surface area contributed by atoms with Gasteiger partial charge in [0.15, 0.2) is 0 Å². The van der Waals surface area contributed by atoms with E-state index in [9.17, 15) is 4.79 Å². The second kappa shape index (κ2) is 7.19. The van der Waals surface area contributed by atoms with Crippen LogP contribution in [-0.2, 0) is 4.79 Å². The minimum atomic E-state index is -0.218. The molecule has 0 aliphatic rings. The lowest BCUT2D eigenvalue weighted by atomic mass is 10.1. The van der Waals surface area contributed by atoms with Crippen molar-refractivity contribution in [3.05, 3.63) is 60.7 Å².